The van der Waals surface area contributed by atoms with Gasteiger partial charge in [0.15, 0.2) is 6.29 Å². The van der Waals surface area contributed by atoms with Crippen molar-refractivity contribution < 1.29 is 9.47 Å². The first-order valence-electron chi connectivity index (χ1n) is 4.58. The molecule has 1 aromatic heterocycles. The minimum atomic E-state index is -0.169. The lowest BCUT2D eigenvalue weighted by Gasteiger charge is -2.09. The van der Waals surface area contributed by atoms with Crippen LogP contribution < -0.4 is 0 Å². The lowest BCUT2D eigenvalue weighted by Crippen LogP contribution is -2.12. The Balaban J connectivity index is 2.20. The maximum atomic E-state index is 5.29. The molecule has 0 aliphatic heterocycles. The number of hydrogen-bond acceptors (Lipinski definition) is 3. The molecule has 0 saturated heterocycles. The van der Waals surface area contributed by atoms with E-state index in [0.29, 0.717) is 13.2 Å². The quantitative estimate of drug-likeness (QED) is 0.561. The van der Waals surface area contributed by atoms with E-state index in [9.17, 15) is 0 Å². The number of ether oxygens (including phenoxy) is 2. The van der Waals surface area contributed by atoms with Crippen LogP contribution in [-0.4, -0.2) is 19.5 Å². The van der Waals surface area contributed by atoms with Crippen molar-refractivity contribution in [2.75, 3.05) is 13.2 Å². The summed E-state index contributed by atoms with van der Waals surface area (Å²) in [5.74, 6) is 5.95. The lowest BCUT2D eigenvalue weighted by atomic mass is 10.4. The highest BCUT2D eigenvalue weighted by molar-refractivity contribution is 7.10. The first-order chi connectivity index (χ1) is 6.83. The lowest BCUT2D eigenvalue weighted by molar-refractivity contribution is -0.117. The predicted octanol–water partition coefficient (Wildman–Crippen LogP) is 2.50. The molecule has 0 fully saturated rings. The maximum Gasteiger partial charge on any atom is 0.156 e. The van der Waals surface area contributed by atoms with Gasteiger partial charge in [-0.05, 0) is 25.3 Å². The Morgan fingerprint density at radius 1 is 1.50 bits per heavy atom. The van der Waals surface area contributed by atoms with Gasteiger partial charge in [-0.25, -0.2) is 0 Å². The fraction of sp³-hybridized carbons (Fsp3) is 0.455. The van der Waals surface area contributed by atoms with Gasteiger partial charge >= 0.3 is 0 Å². The highest BCUT2D eigenvalue weighted by Gasteiger charge is 1.96. The number of rotatable bonds is 4. The molecule has 76 valence electrons. The van der Waals surface area contributed by atoms with E-state index in [1.807, 2.05) is 31.4 Å². The summed E-state index contributed by atoms with van der Waals surface area (Å²) in [4.78, 5) is 1.07. The van der Waals surface area contributed by atoms with Crippen LogP contribution in [0.25, 0.3) is 0 Å². The summed E-state index contributed by atoms with van der Waals surface area (Å²) in [6, 6.07) is 3.97. The molecule has 0 bridgehead atoms. The summed E-state index contributed by atoms with van der Waals surface area (Å²) < 4.78 is 10.5. The smallest absolute Gasteiger partial charge is 0.156 e. The Labute approximate surface area is 88.9 Å². The SMILES string of the molecule is CCOC(C)OCC#Cc1cccs1. The molecule has 14 heavy (non-hydrogen) atoms. The molecule has 0 aliphatic carbocycles. The molecule has 3 heteroatoms. The second kappa shape index (κ2) is 6.61. The van der Waals surface area contributed by atoms with E-state index in [4.69, 9.17) is 9.47 Å². The predicted molar refractivity (Wildman–Crippen MR) is 58.2 cm³/mol. The van der Waals surface area contributed by atoms with Gasteiger partial charge in [0, 0.05) is 6.61 Å². The van der Waals surface area contributed by atoms with E-state index in [2.05, 4.69) is 11.8 Å². The summed E-state index contributed by atoms with van der Waals surface area (Å²) in [7, 11) is 0. The van der Waals surface area contributed by atoms with Crippen molar-refractivity contribution in [3.05, 3.63) is 22.4 Å². The summed E-state index contributed by atoms with van der Waals surface area (Å²) >= 11 is 1.63. The summed E-state index contributed by atoms with van der Waals surface area (Å²) in [5.41, 5.74) is 0. The second-order valence-corrected chi connectivity index (χ2v) is 3.56. The topological polar surface area (TPSA) is 18.5 Å². The first kappa shape index (κ1) is 11.3. The zero-order valence-corrected chi connectivity index (χ0v) is 9.26. The summed E-state index contributed by atoms with van der Waals surface area (Å²) in [6.07, 6.45) is -0.169. The van der Waals surface area contributed by atoms with Crippen LogP contribution in [0.15, 0.2) is 17.5 Å². The Bertz CT molecular complexity index is 295. The molecule has 2 nitrogen and oxygen atoms in total. The Kier molecular flexibility index (Phi) is 5.31. The molecule has 0 amide bonds. The van der Waals surface area contributed by atoms with Gasteiger partial charge in [0.25, 0.3) is 0 Å². The largest absolute Gasteiger partial charge is 0.353 e. The van der Waals surface area contributed by atoms with Gasteiger partial charge in [-0.15, -0.1) is 11.3 Å². The zero-order valence-electron chi connectivity index (χ0n) is 8.45. The van der Waals surface area contributed by atoms with Crippen molar-refractivity contribution in [2.45, 2.75) is 20.1 Å². The number of thiophene rings is 1. The normalized spacial score (nSPS) is 11.9. The van der Waals surface area contributed by atoms with E-state index in [-0.39, 0.29) is 6.29 Å². The average molecular weight is 210 g/mol. The zero-order chi connectivity index (χ0) is 10.2. The summed E-state index contributed by atoms with van der Waals surface area (Å²) in [6.45, 7) is 4.89. The fourth-order valence-corrected chi connectivity index (χ4v) is 1.51. The van der Waals surface area contributed by atoms with E-state index in [0.717, 1.165) is 4.88 Å². The minimum Gasteiger partial charge on any atom is -0.353 e. The van der Waals surface area contributed by atoms with Crippen LogP contribution >= 0.6 is 11.3 Å². The highest BCUT2D eigenvalue weighted by Crippen LogP contribution is 2.05. The molecule has 0 saturated carbocycles. The van der Waals surface area contributed by atoms with Gasteiger partial charge in [0.2, 0.25) is 0 Å². The highest BCUT2D eigenvalue weighted by atomic mass is 32.1. The van der Waals surface area contributed by atoms with Crippen molar-refractivity contribution >= 4 is 11.3 Å². The average Bonchev–Trinajstić information content (AvgIpc) is 2.65. The molecule has 0 aromatic carbocycles. The van der Waals surface area contributed by atoms with Crippen molar-refractivity contribution in [1.29, 1.82) is 0 Å². The van der Waals surface area contributed by atoms with Crippen LogP contribution in [-0.2, 0) is 9.47 Å². The standard InChI is InChI=1S/C11H14O2S/c1-3-12-10(2)13-8-4-6-11-7-5-9-14-11/h5,7,9-10H,3,8H2,1-2H3. The molecular formula is C11H14O2S. The summed E-state index contributed by atoms with van der Waals surface area (Å²) in [5, 5.41) is 2.01. The maximum absolute atomic E-state index is 5.29. The van der Waals surface area contributed by atoms with E-state index in [1.165, 1.54) is 0 Å². The minimum absolute atomic E-state index is 0.169. The van der Waals surface area contributed by atoms with Crippen molar-refractivity contribution in [3.8, 4) is 11.8 Å². The third-order valence-corrected chi connectivity index (χ3v) is 2.31. The molecule has 1 atom stereocenters. The Morgan fingerprint density at radius 2 is 2.36 bits per heavy atom. The van der Waals surface area contributed by atoms with Crippen molar-refractivity contribution in [2.24, 2.45) is 0 Å². The van der Waals surface area contributed by atoms with Crippen LogP contribution in [0.4, 0.5) is 0 Å². The molecule has 0 radical (unpaired) electrons. The third kappa shape index (κ3) is 4.43. The van der Waals surface area contributed by atoms with Gasteiger partial charge in [0.05, 0.1) is 4.88 Å². The van der Waals surface area contributed by atoms with Crippen LogP contribution in [0.5, 0.6) is 0 Å². The third-order valence-electron chi connectivity index (χ3n) is 1.52. The second-order valence-electron chi connectivity index (χ2n) is 2.61. The van der Waals surface area contributed by atoms with Gasteiger partial charge < -0.3 is 9.47 Å². The molecule has 0 spiro atoms. The molecule has 1 aromatic rings. The molecule has 0 N–H and O–H groups in total. The van der Waals surface area contributed by atoms with Gasteiger partial charge in [-0.3, -0.25) is 0 Å². The molecule has 0 aliphatic rings. The fourth-order valence-electron chi connectivity index (χ4n) is 0.915. The molecular weight excluding hydrogens is 196 g/mol. The van der Waals surface area contributed by atoms with E-state index < -0.39 is 0 Å². The number of hydrogen-bond donors (Lipinski definition) is 0. The first-order valence-corrected chi connectivity index (χ1v) is 5.46. The van der Waals surface area contributed by atoms with Gasteiger partial charge in [-0.2, -0.15) is 0 Å². The Morgan fingerprint density at radius 3 is 3.00 bits per heavy atom. The van der Waals surface area contributed by atoms with Crippen LogP contribution in [0.1, 0.15) is 18.7 Å². The Hall–Kier alpha value is -0.820. The van der Waals surface area contributed by atoms with E-state index in [1.54, 1.807) is 11.3 Å². The van der Waals surface area contributed by atoms with Crippen LogP contribution in [0.3, 0.4) is 0 Å². The molecule has 1 unspecified atom stereocenters. The van der Waals surface area contributed by atoms with E-state index >= 15 is 0 Å². The van der Waals surface area contributed by atoms with Crippen LogP contribution in [0, 0.1) is 11.8 Å². The van der Waals surface area contributed by atoms with Crippen molar-refractivity contribution in [1.82, 2.24) is 0 Å². The van der Waals surface area contributed by atoms with Crippen LogP contribution in [0.2, 0.25) is 0 Å². The van der Waals surface area contributed by atoms with Crippen molar-refractivity contribution in [3.63, 3.8) is 0 Å². The molecule has 1 heterocycles. The van der Waals surface area contributed by atoms with Gasteiger partial charge in [-0.1, -0.05) is 17.9 Å². The monoisotopic (exact) mass is 210 g/mol. The van der Waals surface area contributed by atoms with Gasteiger partial charge in [0.1, 0.15) is 6.61 Å². The molecule has 1 rings (SSSR count).